The number of piperazine rings is 1. The van der Waals surface area contributed by atoms with Crippen molar-refractivity contribution in [3.63, 3.8) is 0 Å². The van der Waals surface area contributed by atoms with E-state index in [4.69, 9.17) is 34.8 Å². The van der Waals surface area contributed by atoms with Gasteiger partial charge in [0.1, 0.15) is 0 Å². The summed E-state index contributed by atoms with van der Waals surface area (Å²) in [6.07, 6.45) is 0. The molecule has 3 rings (SSSR count). The van der Waals surface area contributed by atoms with E-state index in [1.165, 1.54) is 0 Å². The van der Waals surface area contributed by atoms with Gasteiger partial charge in [0.2, 0.25) is 16.5 Å². The van der Waals surface area contributed by atoms with Crippen molar-refractivity contribution >= 4 is 46.4 Å². The first-order chi connectivity index (χ1) is 10.1. The van der Waals surface area contributed by atoms with Crippen LogP contribution < -0.4 is 9.80 Å². The number of anilines is 2. The van der Waals surface area contributed by atoms with E-state index in [1.807, 2.05) is 29.2 Å². The first kappa shape index (κ1) is 14.6. The first-order valence-corrected chi connectivity index (χ1v) is 7.58. The molecule has 8 heteroatoms. The van der Waals surface area contributed by atoms with Gasteiger partial charge < -0.3 is 9.80 Å². The molecule has 0 bridgehead atoms. The summed E-state index contributed by atoms with van der Waals surface area (Å²) < 4.78 is 0. The molecule has 1 saturated heterocycles. The fraction of sp³-hybridized carbons (Fsp3) is 0.308. The molecular weight excluding hydrogens is 333 g/mol. The molecule has 2 aromatic rings. The molecule has 110 valence electrons. The Hall–Kier alpha value is -1.30. The number of aromatic nitrogens is 3. The van der Waals surface area contributed by atoms with Gasteiger partial charge in [0.15, 0.2) is 0 Å². The van der Waals surface area contributed by atoms with Crippen molar-refractivity contribution in [2.24, 2.45) is 0 Å². The van der Waals surface area contributed by atoms with Crippen molar-refractivity contribution < 1.29 is 0 Å². The van der Waals surface area contributed by atoms with Gasteiger partial charge in [-0.3, -0.25) is 0 Å². The molecule has 0 saturated carbocycles. The summed E-state index contributed by atoms with van der Waals surface area (Å²) in [4.78, 5) is 16.3. The maximum Gasteiger partial charge on any atom is 0.231 e. The van der Waals surface area contributed by atoms with Crippen LogP contribution in [0.1, 0.15) is 0 Å². The summed E-state index contributed by atoms with van der Waals surface area (Å²) in [5.74, 6) is 0.513. The Morgan fingerprint density at radius 3 is 1.95 bits per heavy atom. The molecule has 2 heterocycles. The molecule has 0 atom stereocenters. The molecule has 0 amide bonds. The zero-order valence-corrected chi connectivity index (χ0v) is 13.3. The van der Waals surface area contributed by atoms with Crippen LogP contribution >= 0.6 is 34.8 Å². The van der Waals surface area contributed by atoms with Gasteiger partial charge in [-0.2, -0.15) is 15.0 Å². The third-order valence-corrected chi connectivity index (χ3v) is 3.98. The number of rotatable bonds is 2. The van der Waals surface area contributed by atoms with Gasteiger partial charge in [0.05, 0.1) is 10.7 Å². The lowest BCUT2D eigenvalue weighted by Crippen LogP contribution is -2.47. The number of hydrogen-bond acceptors (Lipinski definition) is 5. The highest BCUT2D eigenvalue weighted by Gasteiger charge is 2.21. The van der Waals surface area contributed by atoms with Crippen LogP contribution in [0, 0.1) is 0 Å². The van der Waals surface area contributed by atoms with Crippen molar-refractivity contribution in [3.8, 4) is 0 Å². The van der Waals surface area contributed by atoms with Crippen molar-refractivity contribution in [2.75, 3.05) is 36.0 Å². The number of hydrogen-bond donors (Lipinski definition) is 0. The van der Waals surface area contributed by atoms with E-state index in [1.54, 1.807) is 0 Å². The largest absolute Gasteiger partial charge is 0.367 e. The van der Waals surface area contributed by atoms with Crippen LogP contribution in [0.2, 0.25) is 15.6 Å². The highest BCUT2D eigenvalue weighted by Crippen LogP contribution is 2.26. The summed E-state index contributed by atoms with van der Waals surface area (Å²) in [6, 6.07) is 7.83. The van der Waals surface area contributed by atoms with E-state index in [9.17, 15) is 0 Å². The Balaban J connectivity index is 1.72. The minimum atomic E-state index is 0.110. The zero-order valence-electron chi connectivity index (χ0n) is 11.0. The van der Waals surface area contributed by atoms with Gasteiger partial charge >= 0.3 is 0 Å². The van der Waals surface area contributed by atoms with Crippen LogP contribution in [0.3, 0.4) is 0 Å². The molecule has 0 spiro atoms. The molecular formula is C13H12Cl3N5. The van der Waals surface area contributed by atoms with E-state index < -0.39 is 0 Å². The van der Waals surface area contributed by atoms with Crippen LogP contribution in [0.15, 0.2) is 24.3 Å². The number of nitrogens with zero attached hydrogens (tertiary/aromatic N) is 5. The summed E-state index contributed by atoms with van der Waals surface area (Å²) in [5, 5.41) is 0.981. The Morgan fingerprint density at radius 2 is 1.33 bits per heavy atom. The van der Waals surface area contributed by atoms with E-state index in [-0.39, 0.29) is 10.6 Å². The number of para-hydroxylation sites is 1. The van der Waals surface area contributed by atoms with Crippen LogP contribution in [-0.4, -0.2) is 41.1 Å². The Morgan fingerprint density at radius 1 is 0.762 bits per heavy atom. The van der Waals surface area contributed by atoms with E-state index in [0.29, 0.717) is 5.95 Å². The van der Waals surface area contributed by atoms with Gasteiger partial charge in [-0.25, -0.2) is 0 Å². The zero-order chi connectivity index (χ0) is 14.8. The topological polar surface area (TPSA) is 45.2 Å². The second kappa shape index (κ2) is 6.22. The molecule has 21 heavy (non-hydrogen) atoms. The van der Waals surface area contributed by atoms with Gasteiger partial charge in [-0.05, 0) is 35.3 Å². The Labute approximate surface area is 137 Å². The van der Waals surface area contributed by atoms with Gasteiger partial charge in [-0.15, -0.1) is 0 Å². The maximum absolute atomic E-state index is 6.23. The van der Waals surface area contributed by atoms with E-state index in [2.05, 4.69) is 19.9 Å². The molecule has 1 fully saturated rings. The normalized spacial score (nSPS) is 15.4. The van der Waals surface area contributed by atoms with Crippen LogP contribution in [0.4, 0.5) is 11.6 Å². The summed E-state index contributed by atoms with van der Waals surface area (Å²) in [6.45, 7) is 3.18. The SMILES string of the molecule is Clc1nc(Cl)nc(N2CCN(c3ccccc3Cl)CC2)n1. The summed E-state index contributed by atoms with van der Waals surface area (Å²) >= 11 is 17.9. The molecule has 1 aliphatic rings. The standard InChI is InChI=1S/C13H12Cl3N5/c14-9-3-1-2-4-10(9)20-5-7-21(8-6-20)13-18-11(15)17-12(16)19-13/h1-4H,5-8H2. The first-order valence-electron chi connectivity index (χ1n) is 6.45. The number of benzene rings is 1. The predicted octanol–water partition coefficient (Wildman–Crippen LogP) is 3.16. The smallest absolute Gasteiger partial charge is 0.231 e. The third kappa shape index (κ3) is 3.31. The van der Waals surface area contributed by atoms with Crippen LogP contribution in [0.5, 0.6) is 0 Å². The molecule has 1 aromatic heterocycles. The molecule has 0 aliphatic carbocycles. The van der Waals surface area contributed by atoms with Crippen molar-refractivity contribution in [3.05, 3.63) is 39.9 Å². The monoisotopic (exact) mass is 343 g/mol. The maximum atomic E-state index is 6.23. The highest BCUT2D eigenvalue weighted by molar-refractivity contribution is 6.33. The minimum Gasteiger partial charge on any atom is -0.367 e. The van der Waals surface area contributed by atoms with Crippen LogP contribution in [0.25, 0.3) is 0 Å². The third-order valence-electron chi connectivity index (χ3n) is 3.32. The second-order valence-corrected chi connectivity index (χ2v) is 5.68. The summed E-state index contributed by atoms with van der Waals surface area (Å²) in [7, 11) is 0. The number of halogens is 3. The molecule has 5 nitrogen and oxygen atoms in total. The van der Waals surface area contributed by atoms with E-state index in [0.717, 1.165) is 36.9 Å². The molecule has 0 unspecified atom stereocenters. The Kier molecular flexibility index (Phi) is 4.33. The molecule has 1 aliphatic heterocycles. The second-order valence-electron chi connectivity index (χ2n) is 4.60. The molecule has 0 radical (unpaired) electrons. The highest BCUT2D eigenvalue weighted by atomic mass is 35.5. The van der Waals surface area contributed by atoms with Crippen LogP contribution in [-0.2, 0) is 0 Å². The lowest BCUT2D eigenvalue weighted by Gasteiger charge is -2.36. The quantitative estimate of drug-likeness (QED) is 0.837. The van der Waals surface area contributed by atoms with Gasteiger partial charge in [-0.1, -0.05) is 23.7 Å². The lowest BCUT2D eigenvalue weighted by atomic mass is 10.2. The Bertz CT molecular complexity index is 623. The minimum absolute atomic E-state index is 0.110. The fourth-order valence-corrected chi connectivity index (χ4v) is 2.92. The fourth-order valence-electron chi connectivity index (χ4n) is 2.31. The lowest BCUT2D eigenvalue weighted by molar-refractivity contribution is 0.638. The van der Waals surface area contributed by atoms with Gasteiger partial charge in [0, 0.05) is 26.2 Å². The molecule has 1 aromatic carbocycles. The van der Waals surface area contributed by atoms with Gasteiger partial charge in [0.25, 0.3) is 0 Å². The average molecular weight is 345 g/mol. The molecule has 0 N–H and O–H groups in total. The van der Waals surface area contributed by atoms with Crippen molar-refractivity contribution in [1.29, 1.82) is 0 Å². The average Bonchev–Trinajstić information content (AvgIpc) is 2.47. The van der Waals surface area contributed by atoms with Crippen molar-refractivity contribution in [1.82, 2.24) is 15.0 Å². The summed E-state index contributed by atoms with van der Waals surface area (Å²) in [5.41, 5.74) is 1.05. The predicted molar refractivity (Wildman–Crippen MR) is 85.7 cm³/mol. The van der Waals surface area contributed by atoms with Crippen molar-refractivity contribution in [2.45, 2.75) is 0 Å². The van der Waals surface area contributed by atoms with E-state index >= 15 is 0 Å².